The Balaban J connectivity index is 1.71. The summed E-state index contributed by atoms with van der Waals surface area (Å²) >= 11 is 0. The van der Waals surface area contributed by atoms with Gasteiger partial charge in [0, 0.05) is 11.3 Å². The molecule has 0 unspecified atom stereocenters. The van der Waals surface area contributed by atoms with E-state index in [1.165, 1.54) is 11.6 Å². The highest BCUT2D eigenvalue weighted by Gasteiger charge is 2.39. The minimum absolute atomic E-state index is 0.127. The largest absolute Gasteiger partial charge is 0.350 e. The minimum Gasteiger partial charge on any atom is -0.350 e. The van der Waals surface area contributed by atoms with Gasteiger partial charge in [-0.15, -0.1) is 0 Å². The van der Waals surface area contributed by atoms with Gasteiger partial charge in [0.05, 0.1) is 12.1 Å². The lowest BCUT2D eigenvalue weighted by Crippen LogP contribution is -2.32. The van der Waals surface area contributed by atoms with Crippen molar-refractivity contribution in [2.24, 2.45) is 0 Å². The highest BCUT2D eigenvalue weighted by Crippen LogP contribution is 2.32. The van der Waals surface area contributed by atoms with E-state index in [9.17, 15) is 14.0 Å². The molecule has 3 aromatic carbocycles. The molecular formula is C26H23FN2O2. The fourth-order valence-electron chi connectivity index (χ4n) is 3.60. The molecule has 0 bridgehead atoms. The number of rotatable bonds is 6. The number of hydrogen-bond acceptors (Lipinski definition) is 3. The zero-order valence-corrected chi connectivity index (χ0v) is 17.4. The molecule has 0 fully saturated rings. The van der Waals surface area contributed by atoms with Crippen molar-refractivity contribution in [3.63, 3.8) is 0 Å². The third-order valence-corrected chi connectivity index (χ3v) is 5.36. The number of halogens is 1. The van der Waals surface area contributed by atoms with Gasteiger partial charge in [-0.3, -0.25) is 14.5 Å². The molecule has 31 heavy (non-hydrogen) atoms. The molecule has 1 aliphatic rings. The minimum atomic E-state index is -0.472. The maximum atomic E-state index is 14.2. The number of nitrogens with one attached hydrogen (secondary N) is 1. The predicted octanol–water partition coefficient (Wildman–Crippen LogP) is 5.34. The maximum absolute atomic E-state index is 14.2. The quantitative estimate of drug-likeness (QED) is 0.554. The van der Waals surface area contributed by atoms with Gasteiger partial charge in [-0.05, 0) is 35.2 Å². The van der Waals surface area contributed by atoms with Crippen molar-refractivity contribution in [2.45, 2.75) is 26.3 Å². The van der Waals surface area contributed by atoms with Crippen LogP contribution in [0.3, 0.4) is 0 Å². The number of carbonyl (C=O) groups is 2. The van der Waals surface area contributed by atoms with Crippen LogP contribution < -0.4 is 5.32 Å². The van der Waals surface area contributed by atoms with Gasteiger partial charge < -0.3 is 5.32 Å². The van der Waals surface area contributed by atoms with Crippen LogP contribution in [0.4, 0.5) is 10.1 Å². The van der Waals surface area contributed by atoms with Gasteiger partial charge in [-0.25, -0.2) is 4.39 Å². The summed E-state index contributed by atoms with van der Waals surface area (Å²) < 4.78 is 14.2. The molecule has 1 heterocycles. The lowest BCUT2D eigenvalue weighted by Gasteiger charge is -2.16. The topological polar surface area (TPSA) is 49.4 Å². The zero-order valence-electron chi connectivity index (χ0n) is 17.4. The van der Waals surface area contributed by atoms with Crippen LogP contribution in [0.25, 0.3) is 5.57 Å². The first-order valence-corrected chi connectivity index (χ1v) is 10.2. The van der Waals surface area contributed by atoms with E-state index in [1.807, 2.05) is 42.5 Å². The Morgan fingerprint density at radius 1 is 0.839 bits per heavy atom. The van der Waals surface area contributed by atoms with Crippen LogP contribution in [0.2, 0.25) is 0 Å². The van der Waals surface area contributed by atoms with Crippen molar-refractivity contribution in [1.29, 1.82) is 0 Å². The second kappa shape index (κ2) is 8.56. The molecule has 0 spiro atoms. The van der Waals surface area contributed by atoms with E-state index >= 15 is 0 Å². The number of carbonyl (C=O) groups excluding carboxylic acids is 2. The summed E-state index contributed by atoms with van der Waals surface area (Å²) in [7, 11) is 0. The monoisotopic (exact) mass is 414 g/mol. The van der Waals surface area contributed by atoms with Gasteiger partial charge in [-0.1, -0.05) is 74.5 Å². The van der Waals surface area contributed by atoms with Crippen LogP contribution in [0.5, 0.6) is 0 Å². The van der Waals surface area contributed by atoms with Crippen LogP contribution in [0.1, 0.15) is 36.5 Å². The number of imide groups is 1. The Morgan fingerprint density at radius 2 is 1.48 bits per heavy atom. The van der Waals surface area contributed by atoms with Crippen molar-refractivity contribution >= 4 is 23.1 Å². The second-order valence-electron chi connectivity index (χ2n) is 7.81. The van der Waals surface area contributed by atoms with E-state index in [4.69, 9.17) is 0 Å². The average Bonchev–Trinajstić information content (AvgIpc) is 3.00. The summed E-state index contributed by atoms with van der Waals surface area (Å²) in [5.41, 5.74) is 3.30. The smallest absolute Gasteiger partial charge is 0.278 e. The van der Waals surface area contributed by atoms with Crippen LogP contribution >= 0.6 is 0 Å². The van der Waals surface area contributed by atoms with Crippen LogP contribution in [-0.2, 0) is 16.1 Å². The fraction of sp³-hybridized carbons (Fsp3) is 0.154. The molecule has 4 rings (SSSR count). The average molecular weight is 414 g/mol. The first-order chi connectivity index (χ1) is 15.0. The summed E-state index contributed by atoms with van der Waals surface area (Å²) in [6.07, 6.45) is 0. The number of nitrogens with zero attached hydrogens (tertiary/aromatic N) is 1. The zero-order chi connectivity index (χ0) is 22.0. The number of anilines is 1. The van der Waals surface area contributed by atoms with E-state index < -0.39 is 17.6 Å². The Labute approximate surface area is 181 Å². The van der Waals surface area contributed by atoms with Crippen molar-refractivity contribution in [3.8, 4) is 0 Å². The Hall–Kier alpha value is -3.73. The Morgan fingerprint density at radius 3 is 2.13 bits per heavy atom. The molecule has 0 aromatic heterocycles. The van der Waals surface area contributed by atoms with Crippen molar-refractivity contribution in [3.05, 3.63) is 107 Å². The molecule has 0 saturated heterocycles. The maximum Gasteiger partial charge on any atom is 0.278 e. The predicted molar refractivity (Wildman–Crippen MR) is 119 cm³/mol. The lowest BCUT2D eigenvalue weighted by molar-refractivity contribution is -0.137. The highest BCUT2D eigenvalue weighted by atomic mass is 19.1. The lowest BCUT2D eigenvalue weighted by atomic mass is 10.0. The van der Waals surface area contributed by atoms with E-state index in [-0.39, 0.29) is 17.8 Å². The van der Waals surface area contributed by atoms with Crippen LogP contribution in [0, 0.1) is 5.82 Å². The molecule has 4 nitrogen and oxygen atoms in total. The van der Waals surface area contributed by atoms with Crippen LogP contribution in [-0.4, -0.2) is 16.7 Å². The molecule has 3 aromatic rings. The van der Waals surface area contributed by atoms with Gasteiger partial charge in [0.25, 0.3) is 11.8 Å². The highest BCUT2D eigenvalue weighted by molar-refractivity contribution is 6.36. The first-order valence-electron chi connectivity index (χ1n) is 10.2. The van der Waals surface area contributed by atoms with Gasteiger partial charge in [0.2, 0.25) is 0 Å². The van der Waals surface area contributed by atoms with E-state index in [1.54, 1.807) is 30.3 Å². The number of hydrogen-bond donors (Lipinski definition) is 1. The van der Waals surface area contributed by atoms with Crippen molar-refractivity contribution < 1.29 is 14.0 Å². The summed E-state index contributed by atoms with van der Waals surface area (Å²) in [5, 5.41) is 3.14. The summed E-state index contributed by atoms with van der Waals surface area (Å²) in [6, 6.07) is 23.0. The molecule has 0 radical (unpaired) electrons. The molecule has 5 heteroatoms. The number of amides is 2. The van der Waals surface area contributed by atoms with Gasteiger partial charge in [0.1, 0.15) is 11.5 Å². The van der Waals surface area contributed by atoms with Crippen molar-refractivity contribution in [1.82, 2.24) is 4.90 Å². The molecule has 1 aliphatic heterocycles. The summed E-state index contributed by atoms with van der Waals surface area (Å²) in [5.74, 6) is -0.977. The van der Waals surface area contributed by atoms with E-state index in [2.05, 4.69) is 19.2 Å². The molecule has 156 valence electrons. The third-order valence-electron chi connectivity index (χ3n) is 5.36. The van der Waals surface area contributed by atoms with E-state index in [0.717, 1.165) is 4.90 Å². The second-order valence-corrected chi connectivity index (χ2v) is 7.81. The standard InChI is InChI=1S/C26H23FN2O2/c1-17(2)18-12-14-21(15-13-18)28-24-23(19-8-4-3-5-9-19)25(30)29(26(24)31)16-20-10-6-7-11-22(20)27/h3-15,17,28H,16H2,1-2H3. The molecule has 0 aliphatic carbocycles. The van der Waals surface area contributed by atoms with Gasteiger partial charge in [0.15, 0.2) is 0 Å². The molecule has 0 saturated carbocycles. The third kappa shape index (κ3) is 4.12. The van der Waals surface area contributed by atoms with Gasteiger partial charge >= 0.3 is 0 Å². The Kier molecular flexibility index (Phi) is 5.67. The fourth-order valence-corrected chi connectivity index (χ4v) is 3.60. The Bertz CT molecular complexity index is 1150. The molecular weight excluding hydrogens is 391 g/mol. The summed E-state index contributed by atoms with van der Waals surface area (Å²) in [6.45, 7) is 4.09. The van der Waals surface area contributed by atoms with Crippen LogP contribution in [0.15, 0.2) is 84.6 Å². The number of benzene rings is 3. The SMILES string of the molecule is CC(C)c1ccc(NC2=C(c3ccccc3)C(=O)N(Cc3ccccc3F)C2=O)cc1. The molecule has 2 amide bonds. The molecule has 1 N–H and O–H groups in total. The molecule has 0 atom stereocenters. The summed E-state index contributed by atoms with van der Waals surface area (Å²) in [4.78, 5) is 27.6. The van der Waals surface area contributed by atoms with E-state index in [0.29, 0.717) is 22.7 Å². The normalized spacial score (nSPS) is 14.0. The van der Waals surface area contributed by atoms with Crippen molar-refractivity contribution in [2.75, 3.05) is 5.32 Å². The first kappa shape index (κ1) is 20.5. The van der Waals surface area contributed by atoms with Gasteiger partial charge in [-0.2, -0.15) is 0 Å².